The predicted octanol–water partition coefficient (Wildman–Crippen LogP) is 5.61. The first-order chi connectivity index (χ1) is 11.5. The van der Waals surface area contributed by atoms with E-state index in [0.29, 0.717) is 11.8 Å². The SMILES string of the molecule is CCCCCCCCCCc1ccc2ccccc2c1S(=O)(=O)O.[Ca+2].[H-].[H-]. The van der Waals surface area contributed by atoms with E-state index >= 15 is 0 Å². The van der Waals surface area contributed by atoms with Crippen molar-refractivity contribution in [1.82, 2.24) is 0 Å². The second-order valence-electron chi connectivity index (χ2n) is 6.47. The molecule has 25 heavy (non-hydrogen) atoms. The molecular formula is C20H30CaO3S. The van der Waals surface area contributed by atoms with E-state index in [1.807, 2.05) is 24.3 Å². The zero-order valence-corrected chi connectivity index (χ0v) is 18.2. The van der Waals surface area contributed by atoms with Crippen LogP contribution in [0.5, 0.6) is 0 Å². The van der Waals surface area contributed by atoms with Crippen LogP contribution in [0.15, 0.2) is 41.3 Å². The van der Waals surface area contributed by atoms with Crippen molar-refractivity contribution in [2.75, 3.05) is 0 Å². The fourth-order valence-corrected chi connectivity index (χ4v) is 4.20. The minimum atomic E-state index is -4.22. The molecule has 0 heterocycles. The molecule has 0 bridgehead atoms. The molecule has 2 aromatic rings. The summed E-state index contributed by atoms with van der Waals surface area (Å²) in [7, 11) is -4.22. The van der Waals surface area contributed by atoms with Crippen molar-refractivity contribution in [1.29, 1.82) is 0 Å². The van der Waals surface area contributed by atoms with Crippen LogP contribution in [-0.4, -0.2) is 50.7 Å². The molecule has 136 valence electrons. The fraction of sp³-hybridized carbons (Fsp3) is 0.500. The van der Waals surface area contributed by atoms with Gasteiger partial charge in [0.25, 0.3) is 10.1 Å². The Morgan fingerprint density at radius 2 is 1.48 bits per heavy atom. The number of aryl methyl sites for hydroxylation is 1. The molecule has 0 fully saturated rings. The minimum Gasteiger partial charge on any atom is -1.00 e. The van der Waals surface area contributed by atoms with Gasteiger partial charge in [-0.05, 0) is 23.8 Å². The van der Waals surface area contributed by atoms with E-state index in [2.05, 4.69) is 6.92 Å². The van der Waals surface area contributed by atoms with Gasteiger partial charge in [0.1, 0.15) is 4.90 Å². The monoisotopic (exact) mass is 390 g/mol. The zero-order chi connectivity index (χ0) is 17.4. The molecule has 0 aliphatic heterocycles. The smallest absolute Gasteiger partial charge is 1.00 e. The summed E-state index contributed by atoms with van der Waals surface area (Å²) in [5, 5.41) is 1.45. The van der Waals surface area contributed by atoms with Crippen LogP contribution in [0, 0.1) is 0 Å². The van der Waals surface area contributed by atoms with Gasteiger partial charge in [0.15, 0.2) is 0 Å². The topological polar surface area (TPSA) is 54.4 Å². The molecule has 0 saturated carbocycles. The molecule has 0 aliphatic carbocycles. The number of benzene rings is 2. The van der Waals surface area contributed by atoms with Gasteiger partial charge in [-0.15, -0.1) is 0 Å². The van der Waals surface area contributed by atoms with Crippen molar-refractivity contribution < 1.29 is 15.8 Å². The van der Waals surface area contributed by atoms with Crippen LogP contribution in [0.1, 0.15) is 66.7 Å². The van der Waals surface area contributed by atoms with E-state index in [4.69, 9.17) is 0 Å². The molecule has 0 aliphatic rings. The maximum atomic E-state index is 11.9. The second kappa shape index (κ2) is 11.6. The summed E-state index contributed by atoms with van der Waals surface area (Å²) in [5.41, 5.74) is 0.724. The molecule has 0 amide bonds. The summed E-state index contributed by atoms with van der Waals surface area (Å²) in [6, 6.07) is 11.1. The first-order valence-electron chi connectivity index (χ1n) is 9.02. The average molecular weight is 391 g/mol. The number of fused-ring (bicyclic) bond motifs is 1. The van der Waals surface area contributed by atoms with Gasteiger partial charge in [-0.25, -0.2) is 0 Å². The molecule has 5 heteroatoms. The van der Waals surface area contributed by atoms with E-state index < -0.39 is 10.1 Å². The Kier molecular flexibility index (Phi) is 10.6. The molecule has 2 rings (SSSR count). The molecule has 2 aromatic carbocycles. The largest absolute Gasteiger partial charge is 2.00 e. The third-order valence-corrected chi connectivity index (χ3v) is 5.52. The van der Waals surface area contributed by atoms with Crippen LogP contribution >= 0.6 is 0 Å². The number of hydrogen-bond acceptors (Lipinski definition) is 2. The van der Waals surface area contributed by atoms with E-state index in [-0.39, 0.29) is 45.5 Å². The van der Waals surface area contributed by atoms with Crippen LogP contribution in [0.2, 0.25) is 0 Å². The predicted molar refractivity (Wildman–Crippen MR) is 108 cm³/mol. The Hall–Kier alpha value is -0.130. The first kappa shape index (κ1) is 22.9. The van der Waals surface area contributed by atoms with Crippen LogP contribution in [-0.2, 0) is 16.5 Å². The van der Waals surface area contributed by atoms with Gasteiger partial charge in [0.2, 0.25) is 0 Å². The summed E-state index contributed by atoms with van der Waals surface area (Å²) < 4.78 is 33.4. The van der Waals surface area contributed by atoms with Gasteiger partial charge < -0.3 is 2.85 Å². The molecule has 0 unspecified atom stereocenters. The maximum absolute atomic E-state index is 11.9. The number of unbranched alkanes of at least 4 members (excludes halogenated alkanes) is 7. The van der Waals surface area contributed by atoms with Crippen LogP contribution < -0.4 is 0 Å². The van der Waals surface area contributed by atoms with E-state index in [9.17, 15) is 13.0 Å². The Balaban J connectivity index is 0. The summed E-state index contributed by atoms with van der Waals surface area (Å²) in [5.74, 6) is 0. The van der Waals surface area contributed by atoms with Gasteiger partial charge in [-0.2, -0.15) is 8.42 Å². The molecule has 0 saturated heterocycles. The van der Waals surface area contributed by atoms with Crippen molar-refractivity contribution >= 4 is 58.6 Å². The Labute approximate surface area is 184 Å². The zero-order valence-electron chi connectivity index (χ0n) is 17.2. The molecule has 0 atom stereocenters. The van der Waals surface area contributed by atoms with E-state index in [0.717, 1.165) is 23.8 Å². The normalized spacial score (nSPS) is 11.4. The number of rotatable bonds is 10. The Morgan fingerprint density at radius 1 is 0.880 bits per heavy atom. The van der Waals surface area contributed by atoms with Crippen LogP contribution in [0.25, 0.3) is 10.8 Å². The van der Waals surface area contributed by atoms with Gasteiger partial charge in [-0.1, -0.05) is 88.3 Å². The van der Waals surface area contributed by atoms with Gasteiger partial charge in [0.05, 0.1) is 0 Å². The van der Waals surface area contributed by atoms with Crippen molar-refractivity contribution in [3.8, 4) is 0 Å². The molecular weight excluding hydrogens is 360 g/mol. The van der Waals surface area contributed by atoms with E-state index in [1.165, 1.54) is 38.5 Å². The quantitative estimate of drug-likeness (QED) is 0.326. The summed E-state index contributed by atoms with van der Waals surface area (Å²) >= 11 is 0. The first-order valence-corrected chi connectivity index (χ1v) is 10.5. The number of hydrogen-bond donors (Lipinski definition) is 1. The van der Waals surface area contributed by atoms with E-state index in [1.54, 1.807) is 12.1 Å². The second-order valence-corrected chi connectivity index (χ2v) is 7.83. The van der Waals surface area contributed by atoms with Crippen LogP contribution in [0.3, 0.4) is 0 Å². The maximum Gasteiger partial charge on any atom is 2.00 e. The third-order valence-electron chi connectivity index (χ3n) is 4.52. The molecule has 0 radical (unpaired) electrons. The van der Waals surface area contributed by atoms with Crippen LogP contribution in [0.4, 0.5) is 0 Å². The fourth-order valence-electron chi connectivity index (χ4n) is 3.24. The molecule has 3 nitrogen and oxygen atoms in total. The van der Waals surface area contributed by atoms with Crippen molar-refractivity contribution in [3.05, 3.63) is 42.0 Å². The summed E-state index contributed by atoms with van der Waals surface area (Å²) in [6.45, 7) is 2.22. The Morgan fingerprint density at radius 3 is 2.12 bits per heavy atom. The van der Waals surface area contributed by atoms with Crippen molar-refractivity contribution in [2.24, 2.45) is 0 Å². The molecule has 1 N–H and O–H groups in total. The standard InChI is InChI=1S/C20H28O3S.Ca.2H/c1-2-3-4-5-6-7-8-9-13-18-16-15-17-12-10-11-14-19(17)20(18)24(21,22)23;;;/h10-12,14-16H,2-9,13H2,1H3,(H,21,22,23);;;/q;+2;2*-1. The van der Waals surface area contributed by atoms with Crippen molar-refractivity contribution in [2.45, 2.75) is 69.6 Å². The summed E-state index contributed by atoms with van der Waals surface area (Å²) in [4.78, 5) is 0.0866. The minimum absolute atomic E-state index is 0. The van der Waals surface area contributed by atoms with Crippen molar-refractivity contribution in [3.63, 3.8) is 0 Å². The molecule has 0 aromatic heterocycles. The summed E-state index contributed by atoms with van der Waals surface area (Å²) in [6.07, 6.45) is 10.4. The van der Waals surface area contributed by atoms with Gasteiger partial charge in [0, 0.05) is 5.39 Å². The third kappa shape index (κ3) is 7.18. The molecule has 0 spiro atoms. The Bertz CT molecular complexity index is 767. The van der Waals surface area contributed by atoms with Gasteiger partial charge >= 0.3 is 37.7 Å². The average Bonchev–Trinajstić information content (AvgIpc) is 2.55. The van der Waals surface area contributed by atoms with Gasteiger partial charge in [-0.3, -0.25) is 4.55 Å².